The van der Waals surface area contributed by atoms with Gasteiger partial charge in [-0.15, -0.1) is 0 Å². The molecular formula is C14H15N3O. The zero-order valence-electron chi connectivity index (χ0n) is 10.2. The lowest BCUT2D eigenvalue weighted by Gasteiger charge is -2.14. The largest absolute Gasteiger partial charge is 0.339 e. The van der Waals surface area contributed by atoms with Crippen molar-refractivity contribution in [3.63, 3.8) is 0 Å². The molecule has 2 aromatic heterocycles. The van der Waals surface area contributed by atoms with Crippen molar-refractivity contribution < 1.29 is 4.52 Å². The van der Waals surface area contributed by atoms with E-state index in [1.165, 1.54) is 36.9 Å². The highest BCUT2D eigenvalue weighted by Gasteiger charge is 2.30. The predicted octanol–water partition coefficient (Wildman–Crippen LogP) is 2.89. The fraction of sp³-hybridized carbons (Fsp3) is 0.500. The first-order valence-corrected chi connectivity index (χ1v) is 6.73. The van der Waals surface area contributed by atoms with Crippen LogP contribution in [0.25, 0.3) is 11.5 Å². The molecule has 2 aliphatic rings. The molecule has 0 spiro atoms. The number of pyridine rings is 1. The molecule has 92 valence electrons. The maximum absolute atomic E-state index is 5.29. The topological polar surface area (TPSA) is 51.8 Å². The summed E-state index contributed by atoms with van der Waals surface area (Å²) in [5, 5.41) is 4.05. The molecule has 2 aliphatic carbocycles. The molecule has 4 rings (SSSR count). The molecule has 18 heavy (non-hydrogen) atoms. The summed E-state index contributed by atoms with van der Waals surface area (Å²) in [6.45, 7) is 0. The van der Waals surface area contributed by atoms with Crippen molar-refractivity contribution in [1.82, 2.24) is 15.1 Å². The van der Waals surface area contributed by atoms with Crippen LogP contribution >= 0.6 is 0 Å². The summed E-state index contributed by atoms with van der Waals surface area (Å²) < 4.78 is 5.29. The lowest BCUT2D eigenvalue weighted by Crippen LogP contribution is -2.05. The molecule has 2 heterocycles. The van der Waals surface area contributed by atoms with Gasteiger partial charge in [0.05, 0.1) is 0 Å². The second-order valence-corrected chi connectivity index (χ2v) is 5.24. The van der Waals surface area contributed by atoms with Crippen LogP contribution in [0, 0.1) is 0 Å². The molecule has 1 saturated carbocycles. The van der Waals surface area contributed by atoms with E-state index >= 15 is 0 Å². The van der Waals surface area contributed by atoms with E-state index in [0.29, 0.717) is 11.7 Å². The molecule has 0 atom stereocenters. The van der Waals surface area contributed by atoms with Crippen LogP contribution in [-0.2, 0) is 12.8 Å². The highest BCUT2D eigenvalue weighted by molar-refractivity contribution is 5.50. The Bertz CT molecular complexity index is 586. The maximum Gasteiger partial charge on any atom is 0.230 e. The Morgan fingerprint density at radius 1 is 1.06 bits per heavy atom. The smallest absolute Gasteiger partial charge is 0.230 e. The van der Waals surface area contributed by atoms with Gasteiger partial charge in [-0.1, -0.05) is 11.2 Å². The van der Waals surface area contributed by atoms with E-state index in [1.807, 2.05) is 6.07 Å². The Morgan fingerprint density at radius 2 is 1.94 bits per heavy atom. The third kappa shape index (κ3) is 1.72. The summed E-state index contributed by atoms with van der Waals surface area (Å²) >= 11 is 0. The highest BCUT2D eigenvalue weighted by Crippen LogP contribution is 2.39. The molecule has 4 heteroatoms. The van der Waals surface area contributed by atoms with Crippen molar-refractivity contribution in [2.24, 2.45) is 0 Å². The summed E-state index contributed by atoms with van der Waals surface area (Å²) in [7, 11) is 0. The van der Waals surface area contributed by atoms with Crippen LogP contribution in [0.2, 0.25) is 0 Å². The number of aromatic nitrogens is 3. The van der Waals surface area contributed by atoms with Gasteiger partial charge in [0.1, 0.15) is 5.69 Å². The first-order chi connectivity index (χ1) is 8.90. The summed E-state index contributed by atoms with van der Waals surface area (Å²) in [4.78, 5) is 9.14. The van der Waals surface area contributed by atoms with Crippen molar-refractivity contribution >= 4 is 0 Å². The summed E-state index contributed by atoms with van der Waals surface area (Å²) in [6.07, 6.45) is 7.11. The van der Waals surface area contributed by atoms with Crippen LogP contribution in [-0.4, -0.2) is 15.1 Å². The van der Waals surface area contributed by atoms with Gasteiger partial charge in [-0.3, -0.25) is 0 Å². The van der Waals surface area contributed by atoms with Gasteiger partial charge in [0.2, 0.25) is 11.7 Å². The Kier molecular flexibility index (Phi) is 2.22. The Balaban J connectivity index is 1.70. The molecule has 0 aliphatic heterocycles. The van der Waals surface area contributed by atoms with Gasteiger partial charge in [-0.2, -0.15) is 4.98 Å². The fourth-order valence-electron chi connectivity index (χ4n) is 2.54. The molecule has 0 amide bonds. The SMILES string of the molecule is c1cc2c(nc1-c1noc(C3CC3)n1)CCCC2. The van der Waals surface area contributed by atoms with Gasteiger partial charge in [0, 0.05) is 11.6 Å². The number of hydrogen-bond donors (Lipinski definition) is 0. The van der Waals surface area contributed by atoms with Gasteiger partial charge in [0.25, 0.3) is 0 Å². The average molecular weight is 241 g/mol. The molecule has 0 aromatic carbocycles. The molecule has 0 N–H and O–H groups in total. The molecule has 0 bridgehead atoms. The van der Waals surface area contributed by atoms with Crippen molar-refractivity contribution in [2.75, 3.05) is 0 Å². The summed E-state index contributed by atoms with van der Waals surface area (Å²) in [5.41, 5.74) is 3.46. The number of rotatable bonds is 2. The number of aryl methyl sites for hydroxylation is 2. The van der Waals surface area contributed by atoms with Crippen LogP contribution < -0.4 is 0 Å². The zero-order chi connectivity index (χ0) is 11.9. The third-order valence-corrected chi connectivity index (χ3v) is 3.78. The molecule has 0 saturated heterocycles. The molecule has 0 radical (unpaired) electrons. The second kappa shape index (κ2) is 3.90. The maximum atomic E-state index is 5.29. The first-order valence-electron chi connectivity index (χ1n) is 6.73. The lowest BCUT2D eigenvalue weighted by molar-refractivity contribution is 0.380. The zero-order valence-corrected chi connectivity index (χ0v) is 10.2. The predicted molar refractivity (Wildman–Crippen MR) is 66.1 cm³/mol. The standard InChI is InChI=1S/C14H15N3O/c1-2-4-11-9(3-1)7-8-12(15-11)13-16-14(18-17-13)10-5-6-10/h7-8,10H,1-6H2. The minimum atomic E-state index is 0.504. The van der Waals surface area contributed by atoms with Crippen LogP contribution in [0.5, 0.6) is 0 Å². The Hall–Kier alpha value is -1.71. The average Bonchev–Trinajstić information content (AvgIpc) is 3.16. The van der Waals surface area contributed by atoms with Crippen LogP contribution in [0.4, 0.5) is 0 Å². The van der Waals surface area contributed by atoms with Gasteiger partial charge in [-0.05, 0) is 50.2 Å². The second-order valence-electron chi connectivity index (χ2n) is 5.24. The quantitative estimate of drug-likeness (QED) is 0.811. The van der Waals surface area contributed by atoms with Gasteiger partial charge < -0.3 is 4.52 Å². The molecule has 0 unspecified atom stereocenters. The van der Waals surface area contributed by atoms with Crippen molar-refractivity contribution in [3.05, 3.63) is 29.3 Å². The van der Waals surface area contributed by atoms with Crippen LogP contribution in [0.3, 0.4) is 0 Å². The van der Waals surface area contributed by atoms with Crippen molar-refractivity contribution in [1.29, 1.82) is 0 Å². The third-order valence-electron chi connectivity index (χ3n) is 3.78. The van der Waals surface area contributed by atoms with Crippen molar-refractivity contribution in [3.8, 4) is 11.5 Å². The Labute approximate surface area is 105 Å². The molecule has 2 aromatic rings. The van der Waals surface area contributed by atoms with E-state index in [4.69, 9.17) is 9.51 Å². The summed E-state index contributed by atoms with van der Waals surface area (Å²) in [6, 6.07) is 4.19. The number of hydrogen-bond acceptors (Lipinski definition) is 4. The molecule has 1 fully saturated rings. The molecule has 4 nitrogen and oxygen atoms in total. The van der Waals surface area contributed by atoms with E-state index in [9.17, 15) is 0 Å². The minimum absolute atomic E-state index is 0.504. The number of nitrogens with zero attached hydrogens (tertiary/aromatic N) is 3. The van der Waals surface area contributed by atoms with E-state index in [1.54, 1.807) is 0 Å². The first kappa shape index (κ1) is 10.2. The van der Waals surface area contributed by atoms with Crippen LogP contribution in [0.1, 0.15) is 48.7 Å². The van der Waals surface area contributed by atoms with Gasteiger partial charge in [0.15, 0.2) is 0 Å². The van der Waals surface area contributed by atoms with Gasteiger partial charge >= 0.3 is 0 Å². The van der Waals surface area contributed by atoms with E-state index < -0.39 is 0 Å². The van der Waals surface area contributed by atoms with E-state index in [-0.39, 0.29) is 0 Å². The highest BCUT2D eigenvalue weighted by atomic mass is 16.5. The van der Waals surface area contributed by atoms with E-state index in [2.05, 4.69) is 16.2 Å². The Morgan fingerprint density at radius 3 is 2.83 bits per heavy atom. The molecular weight excluding hydrogens is 226 g/mol. The number of fused-ring (bicyclic) bond motifs is 1. The fourth-order valence-corrected chi connectivity index (χ4v) is 2.54. The van der Waals surface area contributed by atoms with Gasteiger partial charge in [-0.25, -0.2) is 4.98 Å². The van der Waals surface area contributed by atoms with Crippen LogP contribution in [0.15, 0.2) is 16.7 Å². The van der Waals surface area contributed by atoms with E-state index in [0.717, 1.165) is 24.4 Å². The monoisotopic (exact) mass is 241 g/mol. The normalized spacial score (nSPS) is 18.7. The lowest BCUT2D eigenvalue weighted by atomic mass is 9.96. The summed E-state index contributed by atoms with van der Waals surface area (Å²) in [5.74, 6) is 1.93. The van der Waals surface area contributed by atoms with Crippen molar-refractivity contribution in [2.45, 2.75) is 44.4 Å². The minimum Gasteiger partial charge on any atom is -0.339 e.